The molecule has 1 aromatic heterocycles. The van der Waals surface area contributed by atoms with Crippen LogP contribution in [-0.4, -0.2) is 34.3 Å². The van der Waals surface area contributed by atoms with Crippen molar-refractivity contribution in [3.63, 3.8) is 0 Å². The molecule has 7 nitrogen and oxygen atoms in total. The summed E-state index contributed by atoms with van der Waals surface area (Å²) in [7, 11) is 0. The zero-order chi connectivity index (χ0) is 22.9. The molecule has 0 fully saturated rings. The van der Waals surface area contributed by atoms with Crippen molar-refractivity contribution >= 4 is 35.5 Å². The van der Waals surface area contributed by atoms with Gasteiger partial charge in [0.15, 0.2) is 0 Å². The highest BCUT2D eigenvalue weighted by molar-refractivity contribution is 6.33. The fourth-order valence-electron chi connectivity index (χ4n) is 3.23. The summed E-state index contributed by atoms with van der Waals surface area (Å²) in [4.78, 5) is 37.9. The molecular formula is C23H19ClN2O5. The molecule has 1 aliphatic rings. The largest absolute Gasteiger partial charge is 0.478 e. The van der Waals surface area contributed by atoms with Crippen LogP contribution in [0, 0.1) is 17.2 Å². The van der Waals surface area contributed by atoms with Crippen LogP contribution in [0.5, 0.6) is 0 Å². The Kier molecular flexibility index (Phi) is 6.14. The standard InChI is InChI=1S/C23H19ClN2O5/c1-12(2)11-26-21(27)16(13(3)18(10-25)22(26)28)9-15-5-7-20(31-15)14-4-6-19(24)17(8-14)23(29)30/h4-9,12H,11H2,1-3H3,(H,29,30)/b16-9+. The Hall–Kier alpha value is -3.63. The molecular weight excluding hydrogens is 420 g/mol. The Morgan fingerprint density at radius 2 is 1.97 bits per heavy atom. The van der Waals surface area contributed by atoms with E-state index in [-0.39, 0.29) is 39.8 Å². The minimum atomic E-state index is -1.16. The number of rotatable bonds is 5. The molecule has 0 spiro atoms. The highest BCUT2D eigenvalue weighted by atomic mass is 35.5. The Bertz CT molecular complexity index is 1200. The summed E-state index contributed by atoms with van der Waals surface area (Å²) >= 11 is 5.91. The number of nitrogens with zero attached hydrogens (tertiary/aromatic N) is 2. The molecule has 1 aromatic carbocycles. The molecule has 0 aliphatic carbocycles. The summed E-state index contributed by atoms with van der Waals surface area (Å²) in [5.74, 6) is -1.51. The number of furan rings is 1. The molecule has 2 amide bonds. The lowest BCUT2D eigenvalue weighted by Gasteiger charge is -2.28. The number of carbonyl (C=O) groups is 3. The van der Waals surface area contributed by atoms with Gasteiger partial charge in [0.25, 0.3) is 11.8 Å². The first kappa shape index (κ1) is 22.1. The number of hydrogen-bond acceptors (Lipinski definition) is 5. The Morgan fingerprint density at radius 1 is 1.26 bits per heavy atom. The van der Waals surface area contributed by atoms with E-state index in [2.05, 4.69) is 0 Å². The van der Waals surface area contributed by atoms with Gasteiger partial charge in [-0.1, -0.05) is 25.4 Å². The third-order valence-electron chi connectivity index (χ3n) is 4.77. The number of carbonyl (C=O) groups excluding carboxylic acids is 2. The van der Waals surface area contributed by atoms with Crippen LogP contribution in [0.15, 0.2) is 51.5 Å². The topological polar surface area (TPSA) is 112 Å². The van der Waals surface area contributed by atoms with E-state index in [1.165, 1.54) is 18.2 Å². The van der Waals surface area contributed by atoms with E-state index in [9.17, 15) is 24.8 Å². The summed E-state index contributed by atoms with van der Waals surface area (Å²) in [6, 6.07) is 9.63. The van der Waals surface area contributed by atoms with E-state index in [0.29, 0.717) is 17.1 Å². The zero-order valence-corrected chi connectivity index (χ0v) is 17.9. The summed E-state index contributed by atoms with van der Waals surface area (Å²) in [6.45, 7) is 5.49. The first-order valence-corrected chi connectivity index (χ1v) is 9.84. The number of carboxylic acid groups (broad SMARTS) is 1. The van der Waals surface area contributed by atoms with Crippen LogP contribution in [0.4, 0.5) is 0 Å². The highest BCUT2D eigenvalue weighted by Crippen LogP contribution is 2.31. The van der Waals surface area contributed by atoms with E-state index in [1.54, 1.807) is 25.1 Å². The molecule has 3 rings (SSSR count). The van der Waals surface area contributed by atoms with Gasteiger partial charge in [0.2, 0.25) is 0 Å². The molecule has 0 radical (unpaired) electrons. The Balaban J connectivity index is 2.03. The van der Waals surface area contributed by atoms with Gasteiger partial charge in [0.05, 0.1) is 10.6 Å². The second-order valence-corrected chi connectivity index (χ2v) is 7.89. The number of amides is 2. The van der Waals surface area contributed by atoms with Crippen LogP contribution in [0.25, 0.3) is 17.4 Å². The van der Waals surface area contributed by atoms with Crippen molar-refractivity contribution in [3.8, 4) is 17.4 Å². The molecule has 0 unspecified atom stereocenters. The normalized spacial score (nSPS) is 15.7. The first-order chi connectivity index (χ1) is 14.6. The molecule has 1 aliphatic heterocycles. The van der Waals surface area contributed by atoms with Crippen LogP contribution < -0.4 is 0 Å². The first-order valence-electron chi connectivity index (χ1n) is 9.46. The van der Waals surface area contributed by atoms with E-state index in [0.717, 1.165) is 4.90 Å². The van der Waals surface area contributed by atoms with Gasteiger partial charge in [0, 0.05) is 17.7 Å². The summed E-state index contributed by atoms with van der Waals surface area (Å²) in [5.41, 5.74) is 0.846. The maximum absolute atomic E-state index is 13.0. The number of benzene rings is 1. The monoisotopic (exact) mass is 438 g/mol. The molecule has 2 aromatic rings. The molecule has 0 bridgehead atoms. The third-order valence-corrected chi connectivity index (χ3v) is 5.10. The quantitative estimate of drug-likeness (QED) is 0.541. The Morgan fingerprint density at radius 3 is 2.58 bits per heavy atom. The lowest BCUT2D eigenvalue weighted by atomic mass is 9.94. The minimum absolute atomic E-state index is 0.0380. The van der Waals surface area contributed by atoms with Crippen LogP contribution in [0.3, 0.4) is 0 Å². The molecule has 0 atom stereocenters. The maximum Gasteiger partial charge on any atom is 0.337 e. The molecule has 31 heavy (non-hydrogen) atoms. The number of aromatic carboxylic acids is 1. The summed E-state index contributed by atoms with van der Waals surface area (Å²) in [6.07, 6.45) is 1.48. The van der Waals surface area contributed by atoms with Gasteiger partial charge in [-0.05, 0) is 54.8 Å². The van der Waals surface area contributed by atoms with Gasteiger partial charge >= 0.3 is 5.97 Å². The van der Waals surface area contributed by atoms with Crippen molar-refractivity contribution in [1.29, 1.82) is 5.26 Å². The van der Waals surface area contributed by atoms with Crippen molar-refractivity contribution in [2.24, 2.45) is 5.92 Å². The van der Waals surface area contributed by atoms with Gasteiger partial charge in [-0.25, -0.2) is 4.79 Å². The number of carboxylic acids is 1. The SMILES string of the molecule is CC1=C(C#N)C(=O)N(CC(C)C)C(=O)/C1=C/c1ccc(-c2ccc(Cl)c(C(=O)O)c2)o1. The fourth-order valence-corrected chi connectivity index (χ4v) is 3.43. The molecule has 1 N–H and O–H groups in total. The van der Waals surface area contributed by atoms with Crippen LogP contribution in [0.2, 0.25) is 5.02 Å². The lowest BCUT2D eigenvalue weighted by molar-refractivity contribution is -0.141. The highest BCUT2D eigenvalue weighted by Gasteiger charge is 2.35. The van der Waals surface area contributed by atoms with Crippen LogP contribution in [-0.2, 0) is 9.59 Å². The molecule has 0 saturated carbocycles. The van der Waals surface area contributed by atoms with E-state index < -0.39 is 17.8 Å². The molecule has 8 heteroatoms. The lowest BCUT2D eigenvalue weighted by Crippen LogP contribution is -2.44. The van der Waals surface area contributed by atoms with Crippen molar-refractivity contribution in [2.45, 2.75) is 20.8 Å². The number of nitriles is 1. The van der Waals surface area contributed by atoms with Crippen molar-refractivity contribution in [3.05, 3.63) is 63.4 Å². The van der Waals surface area contributed by atoms with Gasteiger partial charge in [-0.15, -0.1) is 0 Å². The fraction of sp³-hybridized carbons (Fsp3) is 0.217. The van der Waals surface area contributed by atoms with Crippen molar-refractivity contribution < 1.29 is 23.9 Å². The summed E-state index contributed by atoms with van der Waals surface area (Å²) < 4.78 is 5.78. The summed E-state index contributed by atoms with van der Waals surface area (Å²) in [5, 5.41) is 18.8. The molecule has 158 valence electrons. The van der Waals surface area contributed by atoms with E-state index >= 15 is 0 Å². The van der Waals surface area contributed by atoms with E-state index in [1.807, 2.05) is 19.9 Å². The number of halogens is 1. The predicted molar refractivity (Wildman–Crippen MR) is 114 cm³/mol. The van der Waals surface area contributed by atoms with Gasteiger partial charge in [-0.2, -0.15) is 5.26 Å². The Labute approximate surface area is 183 Å². The average molecular weight is 439 g/mol. The zero-order valence-electron chi connectivity index (χ0n) is 17.1. The second kappa shape index (κ2) is 8.62. The average Bonchev–Trinajstić information content (AvgIpc) is 3.17. The van der Waals surface area contributed by atoms with Gasteiger partial charge in [0.1, 0.15) is 23.2 Å². The maximum atomic E-state index is 13.0. The van der Waals surface area contributed by atoms with Crippen LogP contribution in [0.1, 0.15) is 36.9 Å². The van der Waals surface area contributed by atoms with Crippen LogP contribution >= 0.6 is 11.6 Å². The van der Waals surface area contributed by atoms with E-state index in [4.69, 9.17) is 16.0 Å². The minimum Gasteiger partial charge on any atom is -0.478 e. The smallest absolute Gasteiger partial charge is 0.337 e. The third kappa shape index (κ3) is 4.30. The second-order valence-electron chi connectivity index (χ2n) is 7.49. The molecule has 0 saturated heterocycles. The van der Waals surface area contributed by atoms with Crippen molar-refractivity contribution in [1.82, 2.24) is 4.90 Å². The van der Waals surface area contributed by atoms with Crippen molar-refractivity contribution in [2.75, 3.05) is 6.54 Å². The number of imide groups is 1. The molecule has 2 heterocycles. The predicted octanol–water partition coefficient (Wildman–Crippen LogP) is 4.55. The number of hydrogen-bond donors (Lipinski definition) is 1. The van der Waals surface area contributed by atoms with Gasteiger partial charge in [-0.3, -0.25) is 14.5 Å². The van der Waals surface area contributed by atoms with Gasteiger partial charge < -0.3 is 9.52 Å².